The van der Waals surface area contributed by atoms with Gasteiger partial charge in [-0.25, -0.2) is 4.79 Å². The number of hydrogen-bond donors (Lipinski definition) is 2. The Labute approximate surface area is 102 Å². The molecule has 1 fully saturated rings. The lowest BCUT2D eigenvalue weighted by atomic mass is 9.85. The monoisotopic (exact) mass is 265 g/mol. The lowest BCUT2D eigenvalue weighted by Gasteiger charge is -2.29. The molecule has 7 heteroatoms. The molecule has 18 heavy (non-hydrogen) atoms. The normalized spacial score (nSPS) is 25.1. The van der Waals surface area contributed by atoms with Crippen molar-refractivity contribution in [3.8, 4) is 0 Å². The summed E-state index contributed by atoms with van der Waals surface area (Å²) in [6.07, 6.45) is -2.10. The second-order valence-corrected chi connectivity index (χ2v) is 4.27. The molecule has 2 N–H and O–H groups in total. The predicted octanol–water partition coefficient (Wildman–Crippen LogP) is 1.86. The third-order valence-electron chi connectivity index (χ3n) is 2.91. The smallest absolute Gasteiger partial charge is 0.391 e. The van der Waals surface area contributed by atoms with Crippen LogP contribution in [0.4, 0.5) is 13.2 Å². The van der Waals surface area contributed by atoms with E-state index in [1.807, 2.05) is 0 Å². The van der Waals surface area contributed by atoms with Gasteiger partial charge in [-0.1, -0.05) is 0 Å². The Kier molecular flexibility index (Phi) is 4.75. The molecule has 0 heterocycles. The van der Waals surface area contributed by atoms with Crippen molar-refractivity contribution in [2.24, 2.45) is 5.92 Å². The molecule has 0 aliphatic heterocycles. The van der Waals surface area contributed by atoms with Gasteiger partial charge in [0, 0.05) is 18.2 Å². The van der Waals surface area contributed by atoms with Gasteiger partial charge in [0.15, 0.2) is 0 Å². The maximum Gasteiger partial charge on any atom is 0.391 e. The number of alkyl halides is 3. The van der Waals surface area contributed by atoms with Gasteiger partial charge in [-0.3, -0.25) is 4.79 Å². The molecular weight excluding hydrogens is 251 g/mol. The zero-order valence-corrected chi connectivity index (χ0v) is 9.54. The second-order valence-electron chi connectivity index (χ2n) is 4.27. The van der Waals surface area contributed by atoms with Crippen LogP contribution in [0.1, 0.15) is 25.7 Å². The fourth-order valence-corrected chi connectivity index (χ4v) is 1.96. The van der Waals surface area contributed by atoms with Crippen molar-refractivity contribution in [2.45, 2.75) is 37.9 Å². The summed E-state index contributed by atoms with van der Waals surface area (Å²) < 4.78 is 37.1. The third kappa shape index (κ3) is 4.77. The molecular formula is C11H14F3NO3. The molecule has 0 bridgehead atoms. The molecule has 0 atom stereocenters. The van der Waals surface area contributed by atoms with Crippen LogP contribution in [-0.4, -0.2) is 29.2 Å². The Hall–Kier alpha value is -1.53. The number of carboxylic acids is 1. The van der Waals surface area contributed by atoms with E-state index in [0.717, 1.165) is 6.08 Å². The molecule has 4 nitrogen and oxygen atoms in total. The number of carbonyl (C=O) groups is 2. The van der Waals surface area contributed by atoms with Crippen molar-refractivity contribution in [1.29, 1.82) is 0 Å². The summed E-state index contributed by atoms with van der Waals surface area (Å²) >= 11 is 0. The van der Waals surface area contributed by atoms with Gasteiger partial charge in [-0.2, -0.15) is 13.2 Å². The van der Waals surface area contributed by atoms with Gasteiger partial charge in [0.2, 0.25) is 5.91 Å². The number of aliphatic carboxylic acids is 1. The molecule has 0 aromatic heterocycles. The lowest BCUT2D eigenvalue weighted by molar-refractivity contribution is -0.182. The first kappa shape index (κ1) is 14.5. The summed E-state index contributed by atoms with van der Waals surface area (Å²) in [4.78, 5) is 21.4. The summed E-state index contributed by atoms with van der Waals surface area (Å²) in [5.74, 6) is -3.13. The highest BCUT2D eigenvalue weighted by Gasteiger charge is 2.41. The van der Waals surface area contributed by atoms with E-state index in [9.17, 15) is 22.8 Å². The van der Waals surface area contributed by atoms with Gasteiger partial charge in [-0.15, -0.1) is 0 Å². The molecule has 0 spiro atoms. The number of carbonyl (C=O) groups excluding carboxylic acids is 1. The highest BCUT2D eigenvalue weighted by Crippen LogP contribution is 2.37. The lowest BCUT2D eigenvalue weighted by Crippen LogP contribution is -2.39. The molecule has 0 unspecified atom stereocenters. The van der Waals surface area contributed by atoms with E-state index in [1.54, 1.807) is 0 Å². The van der Waals surface area contributed by atoms with E-state index in [0.29, 0.717) is 6.08 Å². The van der Waals surface area contributed by atoms with Gasteiger partial charge < -0.3 is 10.4 Å². The van der Waals surface area contributed by atoms with E-state index in [2.05, 4.69) is 5.32 Å². The average molecular weight is 265 g/mol. The van der Waals surface area contributed by atoms with Gasteiger partial charge in [0.05, 0.1) is 5.92 Å². The van der Waals surface area contributed by atoms with E-state index in [-0.39, 0.29) is 31.7 Å². The minimum absolute atomic E-state index is 0.00289. The molecule has 0 aromatic carbocycles. The minimum Gasteiger partial charge on any atom is -0.478 e. The van der Waals surface area contributed by atoms with Crippen molar-refractivity contribution in [1.82, 2.24) is 5.32 Å². The van der Waals surface area contributed by atoms with E-state index in [4.69, 9.17) is 5.11 Å². The summed E-state index contributed by atoms with van der Waals surface area (Å²) in [5.41, 5.74) is 0. The summed E-state index contributed by atoms with van der Waals surface area (Å²) in [6, 6.07) is -0.311. The average Bonchev–Trinajstić information content (AvgIpc) is 2.26. The Morgan fingerprint density at radius 2 is 1.67 bits per heavy atom. The largest absolute Gasteiger partial charge is 0.478 e. The van der Waals surface area contributed by atoms with Crippen molar-refractivity contribution in [2.75, 3.05) is 0 Å². The fourth-order valence-electron chi connectivity index (χ4n) is 1.96. The maximum atomic E-state index is 12.4. The van der Waals surface area contributed by atoms with Crippen molar-refractivity contribution in [3.63, 3.8) is 0 Å². The minimum atomic E-state index is -4.17. The molecule has 1 saturated carbocycles. The molecule has 1 aliphatic rings. The zero-order valence-electron chi connectivity index (χ0n) is 9.54. The van der Waals surface area contributed by atoms with Crippen molar-refractivity contribution >= 4 is 11.9 Å². The van der Waals surface area contributed by atoms with Crippen LogP contribution in [0, 0.1) is 5.92 Å². The predicted molar refractivity (Wildman–Crippen MR) is 56.7 cm³/mol. The van der Waals surface area contributed by atoms with Crippen LogP contribution in [-0.2, 0) is 9.59 Å². The van der Waals surface area contributed by atoms with Crippen molar-refractivity contribution in [3.05, 3.63) is 12.2 Å². The highest BCUT2D eigenvalue weighted by atomic mass is 19.4. The third-order valence-corrected chi connectivity index (χ3v) is 2.91. The van der Waals surface area contributed by atoms with Gasteiger partial charge in [-0.05, 0) is 25.7 Å². The number of amides is 1. The Morgan fingerprint density at radius 3 is 2.11 bits per heavy atom. The van der Waals surface area contributed by atoms with Crippen molar-refractivity contribution < 1.29 is 27.9 Å². The van der Waals surface area contributed by atoms with Crippen LogP contribution >= 0.6 is 0 Å². The fraction of sp³-hybridized carbons (Fsp3) is 0.636. The summed E-state index contributed by atoms with van der Waals surface area (Å²) in [6.45, 7) is 0. The van der Waals surface area contributed by atoms with Gasteiger partial charge in [0.25, 0.3) is 0 Å². The van der Waals surface area contributed by atoms with Crippen LogP contribution in [0.3, 0.4) is 0 Å². The van der Waals surface area contributed by atoms with Crippen LogP contribution in [0.25, 0.3) is 0 Å². The Bertz CT molecular complexity index is 344. The SMILES string of the molecule is O=C(O)/C=C/C(=O)NC1CCC(C(F)(F)F)CC1. The highest BCUT2D eigenvalue weighted by molar-refractivity contribution is 5.93. The van der Waals surface area contributed by atoms with Gasteiger partial charge in [0.1, 0.15) is 0 Å². The molecule has 102 valence electrons. The van der Waals surface area contributed by atoms with Crippen LogP contribution in [0.2, 0.25) is 0 Å². The van der Waals surface area contributed by atoms with Crippen LogP contribution in [0.5, 0.6) is 0 Å². The summed E-state index contributed by atoms with van der Waals surface area (Å²) in [5, 5.41) is 10.8. The molecule has 1 amide bonds. The molecule has 0 aromatic rings. The molecule has 1 rings (SSSR count). The number of rotatable bonds is 3. The second kappa shape index (κ2) is 5.88. The number of hydrogen-bond acceptors (Lipinski definition) is 2. The molecule has 0 saturated heterocycles. The van der Waals surface area contributed by atoms with E-state index in [1.165, 1.54) is 0 Å². The van der Waals surface area contributed by atoms with Gasteiger partial charge >= 0.3 is 12.1 Å². The maximum absolute atomic E-state index is 12.4. The van der Waals surface area contributed by atoms with E-state index >= 15 is 0 Å². The topological polar surface area (TPSA) is 66.4 Å². The van der Waals surface area contributed by atoms with E-state index < -0.39 is 24.0 Å². The summed E-state index contributed by atoms with van der Waals surface area (Å²) in [7, 11) is 0. The standard InChI is InChI=1S/C11H14F3NO3/c12-11(13,14)7-1-3-8(4-2-7)15-9(16)5-6-10(17)18/h5-8H,1-4H2,(H,15,16)(H,17,18)/b6-5+. The zero-order chi connectivity index (χ0) is 13.8. The quantitative estimate of drug-likeness (QED) is 0.765. The first-order chi connectivity index (χ1) is 8.29. The first-order valence-corrected chi connectivity index (χ1v) is 5.57. The molecule has 0 radical (unpaired) electrons. The molecule has 1 aliphatic carbocycles. The first-order valence-electron chi connectivity index (χ1n) is 5.57. The Balaban J connectivity index is 2.36. The number of halogens is 3. The van der Waals surface area contributed by atoms with Crippen LogP contribution in [0.15, 0.2) is 12.2 Å². The Morgan fingerprint density at radius 1 is 1.11 bits per heavy atom. The number of carboxylic acid groups (broad SMARTS) is 1. The van der Waals surface area contributed by atoms with Crippen LogP contribution < -0.4 is 5.32 Å². The number of nitrogens with one attached hydrogen (secondary N) is 1.